The Labute approximate surface area is 141 Å². The van der Waals surface area contributed by atoms with Crippen LogP contribution < -0.4 is 10.2 Å². The molecular formula is C17H23N4O3+. The summed E-state index contributed by atoms with van der Waals surface area (Å²) in [6.45, 7) is 6.58. The molecule has 1 saturated heterocycles. The molecule has 2 amide bonds. The first-order valence-corrected chi connectivity index (χ1v) is 8.12. The van der Waals surface area contributed by atoms with Gasteiger partial charge in [-0.15, -0.1) is 0 Å². The third-order valence-corrected chi connectivity index (χ3v) is 4.20. The Kier molecular flexibility index (Phi) is 6.15. The summed E-state index contributed by atoms with van der Waals surface area (Å²) in [5.41, 5.74) is 1.13. The summed E-state index contributed by atoms with van der Waals surface area (Å²) in [7, 11) is 0. The molecule has 7 nitrogen and oxygen atoms in total. The lowest BCUT2D eigenvalue weighted by atomic mass is 10.2. The van der Waals surface area contributed by atoms with Gasteiger partial charge in [0.1, 0.15) is 0 Å². The highest BCUT2D eigenvalue weighted by Gasteiger charge is 2.31. The summed E-state index contributed by atoms with van der Waals surface area (Å²) < 4.78 is 5.00. The largest absolute Gasteiger partial charge is 0.450 e. The number of rotatable bonds is 4. The number of anilines is 1. The van der Waals surface area contributed by atoms with Crippen molar-refractivity contribution in [2.24, 2.45) is 0 Å². The molecular weight excluding hydrogens is 308 g/mol. The Bertz CT molecular complexity index is 633. The number of quaternary nitrogens is 1. The van der Waals surface area contributed by atoms with E-state index >= 15 is 0 Å². The number of hydrogen-bond donors (Lipinski definition) is 2. The number of hydrogen-bond acceptors (Lipinski definition) is 4. The number of nitrogens with zero attached hydrogens (tertiary/aromatic N) is 2. The Hall–Kier alpha value is -2.59. The molecule has 1 aliphatic rings. The predicted octanol–water partition coefficient (Wildman–Crippen LogP) is 0.242. The number of amides is 2. The lowest BCUT2D eigenvalue weighted by Crippen LogP contribution is -3.19. The van der Waals surface area contributed by atoms with Crippen molar-refractivity contribution >= 4 is 17.7 Å². The second-order valence-electron chi connectivity index (χ2n) is 5.75. The van der Waals surface area contributed by atoms with Crippen LogP contribution in [0, 0.1) is 11.3 Å². The molecule has 1 aromatic carbocycles. The fourth-order valence-electron chi connectivity index (χ4n) is 2.73. The highest BCUT2D eigenvalue weighted by atomic mass is 16.6. The molecule has 0 spiro atoms. The SMILES string of the molecule is CCOC(=O)N1CC[NH+]([C@@H](C)C(=O)Nc2cccc(C#N)c2)CC1. The van der Waals surface area contributed by atoms with Crippen LogP contribution in [-0.4, -0.2) is 55.7 Å². The van der Waals surface area contributed by atoms with E-state index in [0.29, 0.717) is 44.0 Å². The number of carbonyl (C=O) groups is 2. The van der Waals surface area contributed by atoms with Crippen molar-refractivity contribution in [3.63, 3.8) is 0 Å². The van der Waals surface area contributed by atoms with Crippen LogP contribution in [0.25, 0.3) is 0 Å². The molecule has 1 aromatic rings. The minimum absolute atomic E-state index is 0.0929. The van der Waals surface area contributed by atoms with Crippen molar-refractivity contribution < 1.29 is 19.2 Å². The van der Waals surface area contributed by atoms with E-state index in [1.807, 2.05) is 6.92 Å². The van der Waals surface area contributed by atoms with Gasteiger partial charge in [0.15, 0.2) is 6.04 Å². The van der Waals surface area contributed by atoms with E-state index in [1.165, 1.54) is 0 Å². The van der Waals surface area contributed by atoms with Gasteiger partial charge >= 0.3 is 6.09 Å². The molecule has 128 valence electrons. The molecule has 0 aromatic heterocycles. The van der Waals surface area contributed by atoms with Gasteiger partial charge in [-0.1, -0.05) is 6.07 Å². The molecule has 0 saturated carbocycles. The second-order valence-corrected chi connectivity index (χ2v) is 5.75. The summed E-state index contributed by atoms with van der Waals surface area (Å²) in [5, 5.41) is 11.8. The Morgan fingerprint density at radius 1 is 1.42 bits per heavy atom. The zero-order chi connectivity index (χ0) is 17.5. The summed E-state index contributed by atoms with van der Waals surface area (Å²) in [5.74, 6) is -0.0929. The average Bonchev–Trinajstić information content (AvgIpc) is 2.61. The topological polar surface area (TPSA) is 86.9 Å². The second kappa shape index (κ2) is 8.31. The van der Waals surface area contributed by atoms with E-state index in [4.69, 9.17) is 10.00 Å². The number of nitrogens with one attached hydrogen (secondary N) is 2. The van der Waals surface area contributed by atoms with Gasteiger partial charge in [0.05, 0.1) is 44.4 Å². The molecule has 2 N–H and O–H groups in total. The van der Waals surface area contributed by atoms with Gasteiger partial charge in [0.2, 0.25) is 0 Å². The first-order valence-electron chi connectivity index (χ1n) is 8.12. The van der Waals surface area contributed by atoms with Crippen molar-refractivity contribution in [2.45, 2.75) is 19.9 Å². The minimum atomic E-state index is -0.290. The number of carbonyl (C=O) groups excluding carboxylic acids is 2. The number of piperazine rings is 1. The molecule has 0 bridgehead atoms. The van der Waals surface area contributed by atoms with Crippen LogP contribution in [0.4, 0.5) is 10.5 Å². The van der Waals surface area contributed by atoms with Gasteiger partial charge in [-0.2, -0.15) is 5.26 Å². The van der Waals surface area contributed by atoms with E-state index in [9.17, 15) is 9.59 Å². The Morgan fingerprint density at radius 3 is 2.75 bits per heavy atom. The van der Waals surface area contributed by atoms with Crippen molar-refractivity contribution in [3.05, 3.63) is 29.8 Å². The van der Waals surface area contributed by atoms with Crippen molar-refractivity contribution in [2.75, 3.05) is 38.1 Å². The smallest absolute Gasteiger partial charge is 0.410 e. The first kappa shape index (κ1) is 17.8. The summed E-state index contributed by atoms with van der Waals surface area (Å²) in [6, 6.07) is 8.67. The summed E-state index contributed by atoms with van der Waals surface area (Å²) in [4.78, 5) is 26.9. The summed E-state index contributed by atoms with van der Waals surface area (Å²) >= 11 is 0. The maximum Gasteiger partial charge on any atom is 0.410 e. The van der Waals surface area contributed by atoms with Crippen LogP contribution in [0.15, 0.2) is 24.3 Å². The average molecular weight is 331 g/mol. The third-order valence-electron chi connectivity index (χ3n) is 4.20. The molecule has 0 aliphatic carbocycles. The first-order chi connectivity index (χ1) is 11.5. The molecule has 0 radical (unpaired) electrons. The minimum Gasteiger partial charge on any atom is -0.450 e. The molecule has 7 heteroatoms. The van der Waals surface area contributed by atoms with Gasteiger partial charge in [-0.3, -0.25) is 9.69 Å². The van der Waals surface area contributed by atoms with Crippen LogP contribution in [0.2, 0.25) is 0 Å². The monoisotopic (exact) mass is 331 g/mol. The molecule has 2 rings (SSSR count). The quantitative estimate of drug-likeness (QED) is 0.828. The fourth-order valence-corrected chi connectivity index (χ4v) is 2.73. The van der Waals surface area contributed by atoms with E-state index in [-0.39, 0.29) is 18.0 Å². The van der Waals surface area contributed by atoms with E-state index < -0.39 is 0 Å². The lowest BCUT2D eigenvalue weighted by molar-refractivity contribution is -0.917. The van der Waals surface area contributed by atoms with Crippen LogP contribution in [-0.2, 0) is 9.53 Å². The van der Waals surface area contributed by atoms with Crippen molar-refractivity contribution in [1.82, 2.24) is 4.90 Å². The molecule has 24 heavy (non-hydrogen) atoms. The Balaban J connectivity index is 1.88. The highest BCUT2D eigenvalue weighted by Crippen LogP contribution is 2.09. The van der Waals surface area contributed by atoms with Gasteiger partial charge in [-0.05, 0) is 32.0 Å². The van der Waals surface area contributed by atoms with Gasteiger partial charge < -0.3 is 15.0 Å². The Morgan fingerprint density at radius 2 is 2.12 bits per heavy atom. The number of benzene rings is 1. The van der Waals surface area contributed by atoms with Crippen molar-refractivity contribution in [1.29, 1.82) is 5.26 Å². The zero-order valence-electron chi connectivity index (χ0n) is 14.0. The van der Waals surface area contributed by atoms with Gasteiger partial charge in [-0.25, -0.2) is 4.79 Å². The van der Waals surface area contributed by atoms with Crippen LogP contribution in [0.5, 0.6) is 0 Å². The summed E-state index contributed by atoms with van der Waals surface area (Å²) in [6.07, 6.45) is -0.290. The predicted molar refractivity (Wildman–Crippen MR) is 88.5 cm³/mol. The normalized spacial score (nSPS) is 16.1. The molecule has 1 atom stereocenters. The molecule has 0 unspecified atom stereocenters. The van der Waals surface area contributed by atoms with Crippen molar-refractivity contribution in [3.8, 4) is 6.07 Å². The molecule has 1 heterocycles. The maximum absolute atomic E-state index is 12.4. The van der Waals surface area contributed by atoms with E-state index in [2.05, 4.69) is 11.4 Å². The van der Waals surface area contributed by atoms with Gasteiger partial charge in [0, 0.05) is 5.69 Å². The van der Waals surface area contributed by atoms with Gasteiger partial charge in [0.25, 0.3) is 5.91 Å². The van der Waals surface area contributed by atoms with E-state index in [1.54, 1.807) is 36.1 Å². The third kappa shape index (κ3) is 4.46. The molecule has 1 aliphatic heterocycles. The number of nitriles is 1. The maximum atomic E-state index is 12.4. The van der Waals surface area contributed by atoms with Crippen LogP contribution >= 0.6 is 0 Å². The highest BCUT2D eigenvalue weighted by molar-refractivity contribution is 5.93. The van der Waals surface area contributed by atoms with Crippen LogP contribution in [0.3, 0.4) is 0 Å². The fraction of sp³-hybridized carbons (Fsp3) is 0.471. The molecule has 1 fully saturated rings. The lowest BCUT2D eigenvalue weighted by Gasteiger charge is -2.34. The standard InChI is InChI=1S/C17H22N4O3/c1-3-24-17(23)21-9-7-20(8-10-21)13(2)16(22)19-15-6-4-5-14(11-15)12-18/h4-6,11,13H,3,7-10H2,1-2H3,(H,19,22)/p+1/t13-/m0/s1. The van der Waals surface area contributed by atoms with Crippen LogP contribution in [0.1, 0.15) is 19.4 Å². The number of ether oxygens (including phenoxy) is 1. The zero-order valence-corrected chi connectivity index (χ0v) is 14.0. The van der Waals surface area contributed by atoms with E-state index in [0.717, 1.165) is 4.90 Å².